The molecule has 0 radical (unpaired) electrons. The highest BCUT2D eigenvalue weighted by Gasteiger charge is 2.15. The second-order valence-corrected chi connectivity index (χ2v) is 7.05. The molecule has 2 aromatic rings. The zero-order chi connectivity index (χ0) is 19.3. The van der Waals surface area contributed by atoms with Gasteiger partial charge < -0.3 is 29.7 Å². The minimum atomic E-state index is 0.355. The molecule has 2 N–H and O–H groups in total. The van der Waals surface area contributed by atoms with Gasteiger partial charge in [0.1, 0.15) is 24.2 Å². The molecule has 1 aromatic carbocycles. The highest BCUT2D eigenvalue weighted by atomic mass is 35.5. The van der Waals surface area contributed by atoms with E-state index < -0.39 is 0 Å². The highest BCUT2D eigenvalue weighted by Crippen LogP contribution is 2.30. The van der Waals surface area contributed by atoms with Crippen molar-refractivity contribution in [2.75, 3.05) is 49.7 Å². The van der Waals surface area contributed by atoms with Gasteiger partial charge in [-0.15, -0.1) is 0 Å². The summed E-state index contributed by atoms with van der Waals surface area (Å²) in [5, 5.41) is 6.90. The summed E-state index contributed by atoms with van der Waals surface area (Å²) in [6, 6.07) is 7.55. The van der Waals surface area contributed by atoms with Crippen LogP contribution >= 0.6 is 23.8 Å². The molecule has 0 atom stereocenters. The molecule has 1 fully saturated rings. The van der Waals surface area contributed by atoms with E-state index in [9.17, 15) is 0 Å². The maximum absolute atomic E-state index is 6.15. The molecule has 28 heavy (non-hydrogen) atoms. The SMILES string of the molecule is S=C(NCc1ccc2c(c1)OCCO2)Nc1nc(Cl)cc(N2CCOCC2)n1. The van der Waals surface area contributed by atoms with E-state index in [-0.39, 0.29) is 0 Å². The van der Waals surface area contributed by atoms with Crippen molar-refractivity contribution >= 4 is 40.7 Å². The molecule has 0 amide bonds. The van der Waals surface area contributed by atoms with Gasteiger partial charge in [-0.1, -0.05) is 17.7 Å². The molecule has 0 bridgehead atoms. The first-order valence-corrected chi connectivity index (χ1v) is 9.77. The largest absolute Gasteiger partial charge is 0.486 e. The van der Waals surface area contributed by atoms with Crippen LogP contribution in [0.2, 0.25) is 5.15 Å². The Morgan fingerprint density at radius 3 is 2.68 bits per heavy atom. The zero-order valence-corrected chi connectivity index (χ0v) is 16.7. The van der Waals surface area contributed by atoms with Crippen LogP contribution in [0.1, 0.15) is 5.56 Å². The Hall–Kier alpha value is -2.36. The predicted octanol–water partition coefficient (Wildman–Crippen LogP) is 2.22. The number of halogens is 1. The number of hydrogen-bond donors (Lipinski definition) is 2. The maximum atomic E-state index is 6.15. The van der Waals surface area contributed by atoms with Crippen LogP contribution in [0.3, 0.4) is 0 Å². The molecule has 2 aliphatic rings. The van der Waals surface area contributed by atoms with Gasteiger partial charge in [-0.3, -0.25) is 0 Å². The Morgan fingerprint density at radius 2 is 1.86 bits per heavy atom. The van der Waals surface area contributed by atoms with E-state index in [4.69, 9.17) is 38.0 Å². The molecular weight excluding hydrogens is 402 g/mol. The number of nitrogens with zero attached hydrogens (tertiary/aromatic N) is 3. The molecule has 10 heteroatoms. The molecule has 1 aromatic heterocycles. The standard InChI is InChI=1S/C18H20ClN5O3S/c19-15-10-16(24-3-5-25-6-4-24)22-17(21-15)23-18(28)20-11-12-1-2-13-14(9-12)27-8-7-26-13/h1-2,9-10H,3-8,11H2,(H2,20,21,22,23,28). The third-order valence-electron chi connectivity index (χ3n) is 4.30. The molecule has 8 nitrogen and oxygen atoms in total. The minimum absolute atomic E-state index is 0.355. The number of thiocarbonyl (C=S) groups is 1. The van der Waals surface area contributed by atoms with E-state index in [2.05, 4.69) is 25.5 Å². The number of benzene rings is 1. The number of ether oxygens (including phenoxy) is 3. The fourth-order valence-corrected chi connectivity index (χ4v) is 3.28. The summed E-state index contributed by atoms with van der Waals surface area (Å²) in [7, 11) is 0. The second-order valence-electron chi connectivity index (χ2n) is 6.26. The smallest absolute Gasteiger partial charge is 0.232 e. The Kier molecular flexibility index (Phi) is 5.94. The lowest BCUT2D eigenvalue weighted by atomic mass is 10.2. The summed E-state index contributed by atoms with van der Waals surface area (Å²) in [6.07, 6.45) is 0. The predicted molar refractivity (Wildman–Crippen MR) is 111 cm³/mol. The van der Waals surface area contributed by atoms with Crippen molar-refractivity contribution in [1.29, 1.82) is 0 Å². The molecule has 0 aliphatic carbocycles. The first kappa shape index (κ1) is 19.0. The molecule has 2 aliphatic heterocycles. The lowest BCUT2D eigenvalue weighted by molar-refractivity contribution is 0.122. The molecule has 1 saturated heterocycles. The summed E-state index contributed by atoms with van der Waals surface area (Å²) in [5.41, 5.74) is 1.02. The number of anilines is 2. The number of morpholine rings is 1. The zero-order valence-electron chi connectivity index (χ0n) is 15.1. The van der Waals surface area contributed by atoms with Crippen molar-refractivity contribution in [2.24, 2.45) is 0 Å². The molecular formula is C18H20ClN5O3S. The van der Waals surface area contributed by atoms with Gasteiger partial charge in [-0.25, -0.2) is 4.98 Å². The Morgan fingerprint density at radius 1 is 1.07 bits per heavy atom. The molecule has 148 valence electrons. The number of rotatable bonds is 4. The molecule has 3 heterocycles. The van der Waals surface area contributed by atoms with Crippen LogP contribution in [-0.4, -0.2) is 54.6 Å². The minimum Gasteiger partial charge on any atom is -0.486 e. The summed E-state index contributed by atoms with van der Waals surface area (Å²) in [5.74, 6) is 2.62. The van der Waals surface area contributed by atoms with Crippen molar-refractivity contribution in [2.45, 2.75) is 6.54 Å². The first-order valence-electron chi connectivity index (χ1n) is 8.98. The summed E-state index contributed by atoms with van der Waals surface area (Å²) < 4.78 is 16.5. The van der Waals surface area contributed by atoms with Crippen LogP contribution in [0.5, 0.6) is 11.5 Å². The topological polar surface area (TPSA) is 80.8 Å². The first-order chi connectivity index (χ1) is 13.7. The van der Waals surface area contributed by atoms with Crippen molar-refractivity contribution in [3.05, 3.63) is 35.0 Å². The van der Waals surface area contributed by atoms with Gasteiger partial charge in [0.2, 0.25) is 5.95 Å². The van der Waals surface area contributed by atoms with Crippen molar-refractivity contribution in [3.8, 4) is 11.5 Å². The third-order valence-corrected chi connectivity index (χ3v) is 4.74. The van der Waals surface area contributed by atoms with Gasteiger partial charge in [-0.2, -0.15) is 4.98 Å². The Bertz CT molecular complexity index is 863. The van der Waals surface area contributed by atoms with Crippen LogP contribution in [0.25, 0.3) is 0 Å². The summed E-state index contributed by atoms with van der Waals surface area (Å²) in [6.45, 7) is 4.52. The van der Waals surface area contributed by atoms with Crippen molar-refractivity contribution in [3.63, 3.8) is 0 Å². The molecule has 0 saturated carbocycles. The van der Waals surface area contributed by atoms with Crippen LogP contribution in [0, 0.1) is 0 Å². The summed E-state index contributed by atoms with van der Waals surface area (Å²) in [4.78, 5) is 10.8. The van der Waals surface area contributed by atoms with E-state index >= 15 is 0 Å². The number of fused-ring (bicyclic) bond motifs is 1. The van der Waals surface area contributed by atoms with Crippen LogP contribution in [-0.2, 0) is 11.3 Å². The quantitative estimate of drug-likeness (QED) is 0.570. The van der Waals surface area contributed by atoms with Crippen molar-refractivity contribution < 1.29 is 14.2 Å². The van der Waals surface area contributed by atoms with E-state index in [1.165, 1.54) is 0 Å². The summed E-state index contributed by atoms with van der Waals surface area (Å²) >= 11 is 11.5. The Labute approximate surface area is 173 Å². The lowest BCUT2D eigenvalue weighted by Gasteiger charge is -2.28. The van der Waals surface area contributed by atoms with E-state index in [0.717, 1.165) is 36.0 Å². The third kappa shape index (κ3) is 4.73. The average molecular weight is 422 g/mol. The average Bonchev–Trinajstić information content (AvgIpc) is 2.72. The fourth-order valence-electron chi connectivity index (χ4n) is 2.94. The number of nitrogens with one attached hydrogen (secondary N) is 2. The van der Waals surface area contributed by atoms with Gasteiger partial charge in [-0.05, 0) is 29.9 Å². The lowest BCUT2D eigenvalue weighted by Crippen LogP contribution is -2.37. The second kappa shape index (κ2) is 8.76. The highest BCUT2D eigenvalue weighted by molar-refractivity contribution is 7.80. The van der Waals surface area contributed by atoms with Gasteiger partial charge in [0.05, 0.1) is 13.2 Å². The van der Waals surface area contributed by atoms with Gasteiger partial charge in [0.15, 0.2) is 16.6 Å². The van der Waals surface area contributed by atoms with E-state index in [0.29, 0.717) is 49.2 Å². The number of hydrogen-bond acceptors (Lipinski definition) is 7. The molecule has 4 rings (SSSR count). The molecule has 0 unspecified atom stereocenters. The van der Waals surface area contributed by atoms with Crippen LogP contribution < -0.4 is 25.0 Å². The van der Waals surface area contributed by atoms with Crippen LogP contribution in [0.4, 0.5) is 11.8 Å². The van der Waals surface area contributed by atoms with Gasteiger partial charge >= 0.3 is 0 Å². The van der Waals surface area contributed by atoms with Gasteiger partial charge in [0.25, 0.3) is 0 Å². The van der Waals surface area contributed by atoms with Crippen LogP contribution in [0.15, 0.2) is 24.3 Å². The van der Waals surface area contributed by atoms with E-state index in [1.807, 2.05) is 18.2 Å². The normalized spacial score (nSPS) is 15.8. The van der Waals surface area contributed by atoms with E-state index in [1.54, 1.807) is 6.07 Å². The molecule has 0 spiro atoms. The fraction of sp³-hybridized carbons (Fsp3) is 0.389. The Balaban J connectivity index is 1.36. The van der Waals surface area contributed by atoms with Crippen molar-refractivity contribution in [1.82, 2.24) is 15.3 Å². The monoisotopic (exact) mass is 421 g/mol. The number of aromatic nitrogens is 2. The van der Waals surface area contributed by atoms with Gasteiger partial charge in [0, 0.05) is 25.7 Å². The maximum Gasteiger partial charge on any atom is 0.232 e.